The quantitative estimate of drug-likeness (QED) is 0.239. The van der Waals surface area contributed by atoms with Crippen LogP contribution in [0.5, 0.6) is 0 Å². The Morgan fingerprint density at radius 2 is 1.29 bits per heavy atom. The Hall–Kier alpha value is -0.745. The molecular weight excluding hydrogens is 114 g/mol. The number of rotatable bonds is 0. The molecule has 7 heteroatoms. The van der Waals surface area contributed by atoms with E-state index in [1.54, 1.807) is 0 Å². The topological polar surface area (TPSA) is 43.1 Å². The lowest BCUT2D eigenvalue weighted by atomic mass is 10.5. The van der Waals surface area contributed by atoms with Crippen LogP contribution in [0, 0.1) is 10.1 Å². The molecule has 46 valence electrons. The molecule has 0 radical (unpaired) electrons. The van der Waals surface area contributed by atoms with Crippen LogP contribution in [0.4, 0.5) is 14.1 Å². The standard InChI is InChI=1S/BH2NO2.3FH/c1-2(3)4;;;/h1H2;3*1H. The summed E-state index contributed by atoms with van der Waals surface area (Å²) in [6.45, 7) is 0. The van der Waals surface area contributed by atoms with Gasteiger partial charge in [0, 0.05) is 0 Å². The van der Waals surface area contributed by atoms with Gasteiger partial charge in [-0.15, -0.1) is 0 Å². The smallest absolute Gasteiger partial charge is 0.294 e. The fourth-order valence-electron chi connectivity index (χ4n) is 0. The van der Waals surface area contributed by atoms with Crippen molar-refractivity contribution in [2.24, 2.45) is 0 Å². The molecule has 0 aliphatic carbocycles. The van der Waals surface area contributed by atoms with Crippen LogP contribution < -0.4 is 0 Å². The van der Waals surface area contributed by atoms with E-state index in [2.05, 4.69) is 0 Å². The van der Waals surface area contributed by atoms with Gasteiger partial charge in [0.2, 0.25) is 0 Å². The van der Waals surface area contributed by atoms with Crippen molar-refractivity contribution in [1.82, 2.24) is 0 Å². The summed E-state index contributed by atoms with van der Waals surface area (Å²) in [5, 5.41) is 8.81. The summed E-state index contributed by atoms with van der Waals surface area (Å²) in [6, 6.07) is 0. The van der Waals surface area contributed by atoms with Gasteiger partial charge in [0.25, 0.3) is 0 Å². The number of halogens is 3. The van der Waals surface area contributed by atoms with Gasteiger partial charge < -0.3 is 0 Å². The molecule has 7 heavy (non-hydrogen) atoms. The van der Waals surface area contributed by atoms with Gasteiger partial charge in [0.1, 0.15) is 0 Å². The number of hydrogen-bond acceptors (Lipinski definition) is 2. The molecule has 0 amide bonds. The Morgan fingerprint density at radius 1 is 1.29 bits per heavy atom. The first-order valence-corrected chi connectivity index (χ1v) is 0.812. The van der Waals surface area contributed by atoms with Gasteiger partial charge in [-0.2, -0.15) is 0 Å². The van der Waals surface area contributed by atoms with Crippen molar-refractivity contribution in [2.45, 2.75) is 0 Å². The van der Waals surface area contributed by atoms with E-state index in [0.717, 1.165) is 7.98 Å². The minimum Gasteiger partial charge on any atom is -0.294 e. The molecule has 0 N–H and O–H groups in total. The van der Waals surface area contributed by atoms with E-state index in [-0.39, 0.29) is 14.1 Å². The summed E-state index contributed by atoms with van der Waals surface area (Å²) in [7, 11) is 0.889. The predicted molar refractivity (Wildman–Crippen MR) is 23.0 cm³/mol. The van der Waals surface area contributed by atoms with Gasteiger partial charge in [0.15, 0.2) is 0 Å². The fraction of sp³-hybridized carbons (Fsp3) is 0. The maximum absolute atomic E-state index is 8.81. The Labute approximate surface area is 38.4 Å². The second-order valence-corrected chi connectivity index (χ2v) is 0.440. The third-order valence-electron chi connectivity index (χ3n) is 0. The summed E-state index contributed by atoms with van der Waals surface area (Å²) in [5.41, 5.74) is 0. The summed E-state index contributed by atoms with van der Waals surface area (Å²) in [6.07, 6.45) is 0. The first kappa shape index (κ1) is 34.0. The van der Waals surface area contributed by atoms with Crippen LogP contribution in [0.2, 0.25) is 0 Å². The summed E-state index contributed by atoms with van der Waals surface area (Å²) < 4.78 is 0. The van der Waals surface area contributed by atoms with E-state index in [4.69, 9.17) is 10.1 Å². The summed E-state index contributed by atoms with van der Waals surface area (Å²) in [4.78, 5) is 8.31. The maximum Gasteiger partial charge on any atom is 0.518 e. The highest BCUT2D eigenvalue weighted by atomic mass is 19.0. The van der Waals surface area contributed by atoms with E-state index >= 15 is 0 Å². The first-order valence-electron chi connectivity index (χ1n) is 0.812. The zero-order valence-corrected chi connectivity index (χ0v) is 3.49. The van der Waals surface area contributed by atoms with Gasteiger partial charge in [-0.25, -0.2) is 0 Å². The van der Waals surface area contributed by atoms with Gasteiger partial charge in [-0.1, -0.05) is 4.83 Å². The monoisotopic (exact) mass is 119 g/mol. The molecule has 0 spiro atoms. The molecule has 0 fully saturated rings. The van der Waals surface area contributed by atoms with Crippen molar-refractivity contribution in [1.29, 1.82) is 0 Å². The maximum atomic E-state index is 8.81. The van der Waals surface area contributed by atoms with E-state index in [1.165, 1.54) is 0 Å². The van der Waals surface area contributed by atoms with Crippen LogP contribution in [0.3, 0.4) is 0 Å². The van der Waals surface area contributed by atoms with E-state index in [0.29, 0.717) is 0 Å². The highest BCUT2D eigenvalue weighted by Crippen LogP contribution is 1.36. The molecule has 0 unspecified atom stereocenters. The average Bonchev–Trinajstić information content (AvgIpc) is 0.811. The molecular formula is H5BF3NO2. The summed E-state index contributed by atoms with van der Waals surface area (Å²) >= 11 is 0. The van der Waals surface area contributed by atoms with Crippen LogP contribution in [-0.4, -0.2) is 12.8 Å². The molecule has 0 aliphatic heterocycles. The Balaban J connectivity index is -0.0000000150. The zero-order chi connectivity index (χ0) is 3.58. The fourth-order valence-corrected chi connectivity index (χ4v) is 0. The van der Waals surface area contributed by atoms with Crippen LogP contribution in [-0.2, 0) is 0 Å². The number of hydrogen-bond donors (Lipinski definition) is 0. The van der Waals surface area contributed by atoms with Crippen LogP contribution in [0.1, 0.15) is 0 Å². The minimum absolute atomic E-state index is 0. The second-order valence-electron chi connectivity index (χ2n) is 0.440. The zero-order valence-electron chi connectivity index (χ0n) is 3.49. The predicted octanol–water partition coefficient (Wildman–Crippen LogP) is -0.731. The minimum atomic E-state index is -0.500. The Bertz CT molecular complexity index is 35.9. The van der Waals surface area contributed by atoms with Crippen LogP contribution in [0.25, 0.3) is 0 Å². The Morgan fingerprint density at radius 3 is 1.29 bits per heavy atom. The Kier molecular flexibility index (Phi) is 90.8. The number of nitro groups is 1. The molecule has 0 saturated carbocycles. The largest absolute Gasteiger partial charge is 0.518 e. The van der Waals surface area contributed by atoms with Crippen LogP contribution in [0.15, 0.2) is 0 Å². The number of nitrogens with zero attached hydrogens (tertiary/aromatic N) is 1. The third kappa shape index (κ3) is 100. The lowest BCUT2D eigenvalue weighted by Crippen LogP contribution is -1.83. The molecule has 0 heterocycles. The van der Waals surface area contributed by atoms with Gasteiger partial charge in [0.05, 0.1) is 0 Å². The molecule has 0 aromatic heterocycles. The highest BCUT2D eigenvalue weighted by Gasteiger charge is 1.62. The SMILES string of the molecule is B[N+](=O)[O-].F.F.F. The van der Waals surface area contributed by atoms with E-state index in [9.17, 15) is 0 Å². The molecule has 0 saturated heterocycles. The van der Waals surface area contributed by atoms with Crippen molar-refractivity contribution in [3.8, 4) is 0 Å². The highest BCUT2D eigenvalue weighted by molar-refractivity contribution is 5.95. The second kappa shape index (κ2) is 18.7. The van der Waals surface area contributed by atoms with E-state index in [1.807, 2.05) is 0 Å². The molecule has 0 atom stereocenters. The van der Waals surface area contributed by atoms with Crippen molar-refractivity contribution >= 4 is 7.98 Å². The lowest BCUT2D eigenvalue weighted by molar-refractivity contribution is -0.312. The van der Waals surface area contributed by atoms with Crippen molar-refractivity contribution in [3.05, 3.63) is 10.1 Å². The van der Waals surface area contributed by atoms with Crippen molar-refractivity contribution in [3.63, 3.8) is 0 Å². The van der Waals surface area contributed by atoms with Crippen LogP contribution >= 0.6 is 0 Å². The van der Waals surface area contributed by atoms with Gasteiger partial charge in [-0.05, 0) is 0 Å². The van der Waals surface area contributed by atoms with E-state index < -0.39 is 4.83 Å². The van der Waals surface area contributed by atoms with Crippen molar-refractivity contribution in [2.75, 3.05) is 0 Å². The van der Waals surface area contributed by atoms with Gasteiger partial charge in [-0.3, -0.25) is 24.2 Å². The average molecular weight is 119 g/mol. The molecule has 0 bridgehead atoms. The summed E-state index contributed by atoms with van der Waals surface area (Å²) in [5.74, 6) is 0. The van der Waals surface area contributed by atoms with Gasteiger partial charge >= 0.3 is 7.98 Å². The van der Waals surface area contributed by atoms with Crippen molar-refractivity contribution < 1.29 is 18.9 Å². The molecule has 0 aromatic rings. The molecule has 0 rings (SSSR count). The molecule has 0 aromatic carbocycles. The third-order valence-corrected chi connectivity index (χ3v) is 0. The molecule has 0 aliphatic rings. The molecule has 3 nitrogen and oxygen atoms in total. The first-order chi connectivity index (χ1) is 1.73. The lowest BCUT2D eigenvalue weighted by Gasteiger charge is -1.64. The normalized spacial score (nSPS) is 3.43.